The zero-order chi connectivity index (χ0) is 11.4. The van der Waals surface area contributed by atoms with E-state index in [0.29, 0.717) is 5.92 Å². The van der Waals surface area contributed by atoms with Gasteiger partial charge in [0.15, 0.2) is 0 Å². The third-order valence-electron chi connectivity index (χ3n) is 3.03. The molecule has 2 rings (SSSR count). The Hall–Kier alpha value is -1.24. The Labute approximate surface area is 98.1 Å². The van der Waals surface area contributed by atoms with Crippen LogP contribution in [0.5, 0.6) is 5.75 Å². The number of ether oxygens (including phenoxy) is 1. The topological polar surface area (TPSA) is 9.23 Å². The second kappa shape index (κ2) is 5.20. The summed E-state index contributed by atoms with van der Waals surface area (Å²) in [4.78, 5) is 0. The van der Waals surface area contributed by atoms with Gasteiger partial charge in [-0.05, 0) is 42.0 Å². The molecular formula is C15H20O. The van der Waals surface area contributed by atoms with Gasteiger partial charge in [0.2, 0.25) is 0 Å². The van der Waals surface area contributed by atoms with E-state index in [4.69, 9.17) is 4.74 Å². The van der Waals surface area contributed by atoms with Crippen LogP contribution >= 0.6 is 0 Å². The molecule has 0 amide bonds. The molecule has 1 aliphatic rings. The summed E-state index contributed by atoms with van der Waals surface area (Å²) in [7, 11) is 0. The van der Waals surface area contributed by atoms with Crippen LogP contribution in [0, 0.1) is 5.92 Å². The van der Waals surface area contributed by atoms with E-state index in [1.54, 1.807) is 0 Å². The third-order valence-corrected chi connectivity index (χ3v) is 3.03. The Morgan fingerprint density at radius 2 is 2.25 bits per heavy atom. The molecule has 1 nitrogen and oxygen atoms in total. The lowest BCUT2D eigenvalue weighted by Gasteiger charge is -2.17. The van der Waals surface area contributed by atoms with Crippen LogP contribution in [0.2, 0.25) is 0 Å². The van der Waals surface area contributed by atoms with Gasteiger partial charge < -0.3 is 4.74 Å². The largest absolute Gasteiger partial charge is 0.494 e. The van der Waals surface area contributed by atoms with E-state index >= 15 is 0 Å². The average Bonchev–Trinajstić information content (AvgIpc) is 2.29. The summed E-state index contributed by atoms with van der Waals surface area (Å²) >= 11 is 0. The average molecular weight is 216 g/mol. The standard InChI is InChI=1S/C15H20O/c1-3-4-9-16-15-8-7-13-6-5-12(2)10-14(13)11-15/h5-8,11-12H,3-4,9-10H2,1-2H3/t12-/m1/s1. The van der Waals surface area contributed by atoms with Crippen LogP contribution in [0.1, 0.15) is 37.8 Å². The summed E-state index contributed by atoms with van der Waals surface area (Å²) in [6, 6.07) is 6.44. The monoisotopic (exact) mass is 216 g/mol. The minimum Gasteiger partial charge on any atom is -0.494 e. The van der Waals surface area contributed by atoms with Gasteiger partial charge in [-0.2, -0.15) is 0 Å². The van der Waals surface area contributed by atoms with Crippen molar-refractivity contribution in [2.75, 3.05) is 6.61 Å². The number of fused-ring (bicyclic) bond motifs is 1. The van der Waals surface area contributed by atoms with E-state index in [9.17, 15) is 0 Å². The van der Waals surface area contributed by atoms with Gasteiger partial charge in [0.05, 0.1) is 6.61 Å². The number of benzene rings is 1. The maximum absolute atomic E-state index is 5.72. The van der Waals surface area contributed by atoms with Crippen molar-refractivity contribution < 1.29 is 4.74 Å². The summed E-state index contributed by atoms with van der Waals surface area (Å²) in [5.74, 6) is 1.67. The Kier molecular flexibility index (Phi) is 3.66. The summed E-state index contributed by atoms with van der Waals surface area (Å²) in [6.07, 6.45) is 7.95. The number of hydrogen-bond donors (Lipinski definition) is 0. The van der Waals surface area contributed by atoms with Crippen molar-refractivity contribution in [3.8, 4) is 5.75 Å². The van der Waals surface area contributed by atoms with Crippen LogP contribution in [-0.4, -0.2) is 6.61 Å². The van der Waals surface area contributed by atoms with E-state index in [0.717, 1.165) is 25.2 Å². The highest BCUT2D eigenvalue weighted by Crippen LogP contribution is 2.26. The highest BCUT2D eigenvalue weighted by molar-refractivity contribution is 5.58. The second-order valence-electron chi connectivity index (χ2n) is 4.60. The highest BCUT2D eigenvalue weighted by atomic mass is 16.5. The fraction of sp³-hybridized carbons (Fsp3) is 0.467. The van der Waals surface area contributed by atoms with Crippen molar-refractivity contribution in [2.45, 2.75) is 33.1 Å². The molecule has 0 saturated carbocycles. The van der Waals surface area contributed by atoms with Crippen molar-refractivity contribution in [1.82, 2.24) is 0 Å². The molecule has 0 radical (unpaired) electrons. The highest BCUT2D eigenvalue weighted by Gasteiger charge is 2.10. The molecule has 1 aromatic carbocycles. The SMILES string of the molecule is CCCCOc1ccc2c(c1)C[C@H](C)C=C2. The van der Waals surface area contributed by atoms with Crippen molar-refractivity contribution in [2.24, 2.45) is 5.92 Å². The maximum Gasteiger partial charge on any atom is 0.119 e. The van der Waals surface area contributed by atoms with Gasteiger partial charge in [0.25, 0.3) is 0 Å². The van der Waals surface area contributed by atoms with E-state index in [1.807, 2.05) is 0 Å². The van der Waals surface area contributed by atoms with Gasteiger partial charge in [0.1, 0.15) is 5.75 Å². The molecule has 16 heavy (non-hydrogen) atoms. The smallest absolute Gasteiger partial charge is 0.119 e. The van der Waals surface area contributed by atoms with Crippen molar-refractivity contribution >= 4 is 6.08 Å². The number of rotatable bonds is 4. The molecule has 0 saturated heterocycles. The molecule has 0 heterocycles. The third kappa shape index (κ3) is 2.66. The molecule has 1 atom stereocenters. The Morgan fingerprint density at radius 1 is 1.38 bits per heavy atom. The first-order valence-electron chi connectivity index (χ1n) is 6.23. The number of allylic oxidation sites excluding steroid dienone is 1. The molecule has 0 N–H and O–H groups in total. The van der Waals surface area contributed by atoms with Gasteiger partial charge in [-0.15, -0.1) is 0 Å². The maximum atomic E-state index is 5.72. The molecular weight excluding hydrogens is 196 g/mol. The minimum atomic E-state index is 0.651. The van der Waals surface area contributed by atoms with E-state index in [-0.39, 0.29) is 0 Å². The Morgan fingerprint density at radius 3 is 3.06 bits per heavy atom. The molecule has 1 aliphatic carbocycles. The summed E-state index contributed by atoms with van der Waals surface area (Å²) in [5.41, 5.74) is 2.77. The quantitative estimate of drug-likeness (QED) is 0.689. The number of unbranched alkanes of at least 4 members (excludes halogenated alkanes) is 1. The van der Waals surface area contributed by atoms with Crippen LogP contribution in [-0.2, 0) is 6.42 Å². The Bertz CT molecular complexity index is 379. The van der Waals surface area contributed by atoms with Gasteiger partial charge >= 0.3 is 0 Å². The molecule has 86 valence electrons. The predicted octanol–water partition coefficient (Wildman–Crippen LogP) is 4.07. The van der Waals surface area contributed by atoms with E-state index in [1.165, 1.54) is 17.5 Å². The molecule has 0 unspecified atom stereocenters. The van der Waals surface area contributed by atoms with Crippen LogP contribution in [0.3, 0.4) is 0 Å². The first-order chi connectivity index (χ1) is 7.79. The van der Waals surface area contributed by atoms with Crippen molar-refractivity contribution in [3.63, 3.8) is 0 Å². The molecule has 0 fully saturated rings. The normalized spacial score (nSPS) is 18.2. The second-order valence-corrected chi connectivity index (χ2v) is 4.60. The fourth-order valence-corrected chi connectivity index (χ4v) is 2.03. The van der Waals surface area contributed by atoms with Gasteiger partial charge in [-0.25, -0.2) is 0 Å². The zero-order valence-electron chi connectivity index (χ0n) is 10.2. The molecule has 1 aromatic rings. The zero-order valence-corrected chi connectivity index (χ0v) is 10.2. The van der Waals surface area contributed by atoms with E-state index < -0.39 is 0 Å². The van der Waals surface area contributed by atoms with Crippen LogP contribution in [0.25, 0.3) is 6.08 Å². The minimum absolute atomic E-state index is 0.651. The van der Waals surface area contributed by atoms with Crippen molar-refractivity contribution in [3.05, 3.63) is 35.4 Å². The summed E-state index contributed by atoms with van der Waals surface area (Å²) in [5, 5.41) is 0. The molecule has 1 heteroatoms. The van der Waals surface area contributed by atoms with Gasteiger partial charge in [-0.1, -0.05) is 38.5 Å². The summed E-state index contributed by atoms with van der Waals surface area (Å²) in [6.45, 7) is 5.27. The molecule has 0 spiro atoms. The molecule has 0 bridgehead atoms. The lowest BCUT2D eigenvalue weighted by Crippen LogP contribution is -2.04. The van der Waals surface area contributed by atoms with Gasteiger partial charge in [0, 0.05) is 0 Å². The fourth-order valence-electron chi connectivity index (χ4n) is 2.03. The summed E-state index contributed by atoms with van der Waals surface area (Å²) < 4.78 is 5.72. The number of hydrogen-bond acceptors (Lipinski definition) is 1. The lowest BCUT2D eigenvalue weighted by atomic mass is 9.91. The van der Waals surface area contributed by atoms with Crippen molar-refractivity contribution in [1.29, 1.82) is 0 Å². The van der Waals surface area contributed by atoms with Crippen LogP contribution in [0.4, 0.5) is 0 Å². The van der Waals surface area contributed by atoms with Crippen LogP contribution in [0.15, 0.2) is 24.3 Å². The molecule has 0 aromatic heterocycles. The predicted molar refractivity (Wildman–Crippen MR) is 68.7 cm³/mol. The lowest BCUT2D eigenvalue weighted by molar-refractivity contribution is 0.309. The first-order valence-corrected chi connectivity index (χ1v) is 6.23. The van der Waals surface area contributed by atoms with Crippen LogP contribution < -0.4 is 4.74 Å². The van der Waals surface area contributed by atoms with Gasteiger partial charge in [-0.3, -0.25) is 0 Å². The van der Waals surface area contributed by atoms with E-state index in [2.05, 4.69) is 44.2 Å². The Balaban J connectivity index is 2.07. The molecule has 0 aliphatic heterocycles. The first kappa shape index (κ1) is 11.3.